The first-order valence-electron chi connectivity index (χ1n) is 11.0. The molecule has 1 aromatic heterocycles. The Labute approximate surface area is 162 Å². The molecule has 1 aliphatic carbocycles. The van der Waals surface area contributed by atoms with Gasteiger partial charge in [-0.25, -0.2) is 9.67 Å². The van der Waals surface area contributed by atoms with Crippen molar-refractivity contribution in [2.75, 3.05) is 19.7 Å². The normalized spacial score (nSPS) is 25.4. The third kappa shape index (κ3) is 4.05. The second-order valence-electron chi connectivity index (χ2n) is 8.82. The Bertz CT molecular complexity index is 637. The van der Waals surface area contributed by atoms with Gasteiger partial charge in [-0.1, -0.05) is 33.1 Å². The van der Waals surface area contributed by atoms with Gasteiger partial charge in [0.15, 0.2) is 5.82 Å². The molecule has 1 atom stereocenters. The van der Waals surface area contributed by atoms with Gasteiger partial charge < -0.3 is 9.64 Å². The van der Waals surface area contributed by atoms with Crippen LogP contribution >= 0.6 is 0 Å². The number of aromatic nitrogens is 3. The van der Waals surface area contributed by atoms with Crippen molar-refractivity contribution in [1.82, 2.24) is 19.7 Å². The number of hydrogen-bond donors (Lipinski definition) is 0. The lowest BCUT2D eigenvalue weighted by Gasteiger charge is -2.34. The smallest absolute Gasteiger partial charge is 0.251 e. The van der Waals surface area contributed by atoms with E-state index < -0.39 is 0 Å². The van der Waals surface area contributed by atoms with E-state index in [9.17, 15) is 4.79 Å². The molecule has 1 aromatic rings. The predicted molar refractivity (Wildman–Crippen MR) is 104 cm³/mol. The maximum Gasteiger partial charge on any atom is 0.251 e. The molecule has 4 rings (SSSR count). The van der Waals surface area contributed by atoms with Crippen molar-refractivity contribution in [2.45, 2.75) is 95.6 Å². The third-order valence-corrected chi connectivity index (χ3v) is 6.49. The molecule has 0 radical (unpaired) electrons. The number of carbonyl (C=O) groups is 1. The number of nitrogens with zero attached hydrogens (tertiary/aromatic N) is 4. The zero-order chi connectivity index (χ0) is 18.8. The fourth-order valence-corrected chi connectivity index (χ4v) is 4.80. The first-order chi connectivity index (χ1) is 13.1. The predicted octanol–water partition coefficient (Wildman–Crippen LogP) is 3.79. The van der Waals surface area contributed by atoms with Gasteiger partial charge in [0.1, 0.15) is 11.9 Å². The molecule has 0 N–H and O–H groups in total. The average molecular weight is 375 g/mol. The molecule has 0 aromatic carbocycles. The Morgan fingerprint density at radius 2 is 1.78 bits per heavy atom. The molecule has 1 unspecified atom stereocenters. The number of rotatable bonds is 4. The molecule has 150 valence electrons. The highest BCUT2D eigenvalue weighted by atomic mass is 16.5. The second-order valence-corrected chi connectivity index (χ2v) is 8.82. The van der Waals surface area contributed by atoms with Crippen LogP contribution in [0.4, 0.5) is 0 Å². The van der Waals surface area contributed by atoms with E-state index in [1.54, 1.807) is 0 Å². The van der Waals surface area contributed by atoms with E-state index in [4.69, 9.17) is 14.8 Å². The van der Waals surface area contributed by atoms with Crippen LogP contribution in [0.5, 0.6) is 0 Å². The van der Waals surface area contributed by atoms with Gasteiger partial charge >= 0.3 is 0 Å². The summed E-state index contributed by atoms with van der Waals surface area (Å²) in [7, 11) is 0. The maximum atomic E-state index is 12.6. The Balaban J connectivity index is 1.46. The van der Waals surface area contributed by atoms with Gasteiger partial charge in [0.2, 0.25) is 0 Å². The topological polar surface area (TPSA) is 60.3 Å². The largest absolute Gasteiger partial charge is 0.368 e. The van der Waals surface area contributed by atoms with Crippen LogP contribution in [0, 0.1) is 0 Å². The van der Waals surface area contributed by atoms with E-state index in [1.165, 1.54) is 37.9 Å². The Morgan fingerprint density at radius 1 is 1.04 bits per heavy atom. The van der Waals surface area contributed by atoms with Crippen LogP contribution in [0.25, 0.3) is 0 Å². The van der Waals surface area contributed by atoms with E-state index in [-0.39, 0.29) is 12.0 Å². The van der Waals surface area contributed by atoms with Crippen molar-refractivity contribution in [3.8, 4) is 0 Å². The zero-order valence-electron chi connectivity index (χ0n) is 16.9. The minimum atomic E-state index is -0.194. The summed E-state index contributed by atoms with van der Waals surface area (Å²) in [5, 5.41) is 4.93. The molecule has 2 aliphatic heterocycles. The number of likely N-dealkylation sites (tertiary alicyclic amines) is 1. The molecule has 3 fully saturated rings. The molecular formula is C21H34N4O2. The van der Waals surface area contributed by atoms with Gasteiger partial charge in [-0.2, -0.15) is 5.10 Å². The van der Waals surface area contributed by atoms with Crippen LogP contribution in [0.1, 0.15) is 101 Å². The van der Waals surface area contributed by atoms with E-state index in [0.717, 1.165) is 51.2 Å². The highest BCUT2D eigenvalue weighted by Crippen LogP contribution is 2.34. The van der Waals surface area contributed by atoms with Gasteiger partial charge in [0.05, 0.1) is 6.04 Å². The third-order valence-electron chi connectivity index (χ3n) is 6.49. The highest BCUT2D eigenvalue weighted by molar-refractivity contribution is 5.81. The van der Waals surface area contributed by atoms with Crippen molar-refractivity contribution in [3.63, 3.8) is 0 Å². The summed E-state index contributed by atoms with van der Waals surface area (Å²) in [6, 6.07) is 0.514. The molecule has 3 aliphatic rings. The fourth-order valence-electron chi connectivity index (χ4n) is 4.80. The molecule has 3 heterocycles. The summed E-state index contributed by atoms with van der Waals surface area (Å²) < 4.78 is 7.86. The molecule has 0 spiro atoms. The van der Waals surface area contributed by atoms with E-state index in [1.807, 2.05) is 4.90 Å². The number of carbonyl (C=O) groups excluding carboxylic acids is 1. The lowest BCUT2D eigenvalue weighted by molar-refractivity contribution is -0.142. The summed E-state index contributed by atoms with van der Waals surface area (Å²) in [6.07, 6.45) is 10.1. The van der Waals surface area contributed by atoms with Crippen LogP contribution in [0.3, 0.4) is 0 Å². The quantitative estimate of drug-likeness (QED) is 0.804. The van der Waals surface area contributed by atoms with Crippen LogP contribution in [-0.2, 0) is 9.53 Å². The van der Waals surface area contributed by atoms with Gasteiger partial charge in [-0.3, -0.25) is 4.79 Å². The number of amides is 1. The summed E-state index contributed by atoms with van der Waals surface area (Å²) in [5.74, 6) is 3.13. The van der Waals surface area contributed by atoms with Crippen molar-refractivity contribution in [1.29, 1.82) is 0 Å². The van der Waals surface area contributed by atoms with Crippen LogP contribution in [0.15, 0.2) is 0 Å². The standard InChI is InChI=1S/C21H34N4O2/c1-15(2)19-22-20(25(23-19)17-7-4-3-5-8-17)16-10-12-24(13-11-16)21(26)18-9-6-14-27-18/h15-18H,3-14H2,1-2H3. The van der Waals surface area contributed by atoms with Crippen LogP contribution < -0.4 is 0 Å². The summed E-state index contributed by atoms with van der Waals surface area (Å²) in [6.45, 7) is 6.71. The molecule has 2 saturated heterocycles. The molecular weight excluding hydrogens is 340 g/mol. The van der Waals surface area contributed by atoms with Crippen molar-refractivity contribution in [2.24, 2.45) is 0 Å². The fraction of sp³-hybridized carbons (Fsp3) is 0.857. The van der Waals surface area contributed by atoms with Crippen LogP contribution in [0.2, 0.25) is 0 Å². The minimum Gasteiger partial charge on any atom is -0.368 e. The molecule has 6 heteroatoms. The Morgan fingerprint density at radius 3 is 2.41 bits per heavy atom. The van der Waals surface area contributed by atoms with Crippen molar-refractivity contribution in [3.05, 3.63) is 11.6 Å². The number of piperidine rings is 1. The zero-order valence-corrected chi connectivity index (χ0v) is 16.9. The first-order valence-corrected chi connectivity index (χ1v) is 11.0. The molecule has 0 bridgehead atoms. The van der Waals surface area contributed by atoms with Crippen molar-refractivity contribution >= 4 is 5.91 Å². The molecule has 27 heavy (non-hydrogen) atoms. The molecule has 6 nitrogen and oxygen atoms in total. The minimum absolute atomic E-state index is 0.194. The lowest BCUT2D eigenvalue weighted by atomic mass is 9.92. The summed E-state index contributed by atoms with van der Waals surface area (Å²) in [4.78, 5) is 19.6. The van der Waals surface area contributed by atoms with Crippen LogP contribution in [-0.4, -0.2) is 51.4 Å². The molecule has 1 saturated carbocycles. The van der Waals surface area contributed by atoms with Gasteiger partial charge in [-0.05, 0) is 38.5 Å². The van der Waals surface area contributed by atoms with E-state index in [0.29, 0.717) is 17.9 Å². The Kier molecular flexibility index (Phi) is 5.81. The van der Waals surface area contributed by atoms with Gasteiger partial charge in [0, 0.05) is 31.5 Å². The second kappa shape index (κ2) is 8.29. The summed E-state index contributed by atoms with van der Waals surface area (Å²) in [5.41, 5.74) is 0. The maximum absolute atomic E-state index is 12.6. The first kappa shape index (κ1) is 18.9. The van der Waals surface area contributed by atoms with E-state index in [2.05, 4.69) is 18.5 Å². The lowest BCUT2D eigenvalue weighted by Crippen LogP contribution is -2.43. The Hall–Kier alpha value is -1.43. The van der Waals surface area contributed by atoms with Gasteiger partial charge in [0.25, 0.3) is 5.91 Å². The van der Waals surface area contributed by atoms with Gasteiger partial charge in [-0.15, -0.1) is 0 Å². The highest BCUT2D eigenvalue weighted by Gasteiger charge is 2.34. The van der Waals surface area contributed by atoms with E-state index >= 15 is 0 Å². The number of hydrogen-bond acceptors (Lipinski definition) is 4. The SMILES string of the molecule is CC(C)c1nc(C2CCN(C(=O)C3CCCO3)CC2)n(C2CCCCC2)n1. The average Bonchev–Trinajstić information content (AvgIpc) is 3.38. The summed E-state index contributed by atoms with van der Waals surface area (Å²) >= 11 is 0. The number of ether oxygens (including phenoxy) is 1. The van der Waals surface area contributed by atoms with Crippen molar-refractivity contribution < 1.29 is 9.53 Å². The molecule has 1 amide bonds. The monoisotopic (exact) mass is 374 g/mol.